The number of rotatable bonds is 5. The molecule has 0 saturated carbocycles. The van der Waals surface area contributed by atoms with Crippen molar-refractivity contribution in [2.75, 3.05) is 0 Å². The van der Waals surface area contributed by atoms with Crippen molar-refractivity contribution < 1.29 is 21.8 Å². The van der Waals surface area contributed by atoms with Gasteiger partial charge in [-0.3, -0.25) is 4.79 Å². The third-order valence-corrected chi connectivity index (χ3v) is 2.12. The molecule has 3 nitrogen and oxygen atoms in total. The number of pyridine rings is 1. The zero-order valence-corrected chi connectivity index (χ0v) is 11.0. The number of amides is 1. The third kappa shape index (κ3) is 6.01. The van der Waals surface area contributed by atoms with Gasteiger partial charge in [0.05, 0.1) is 0 Å². The number of nitrogens with two attached hydrogens (primary N) is 1. The summed E-state index contributed by atoms with van der Waals surface area (Å²) in [5.74, 6) is -0.406. The maximum absolute atomic E-state index is 11.0. The highest BCUT2D eigenvalue weighted by atomic mass is 35.5. The first-order valence-corrected chi connectivity index (χ1v) is 5.47. The highest BCUT2D eigenvalue weighted by Crippen LogP contribution is 1.92. The van der Waals surface area contributed by atoms with Crippen molar-refractivity contribution in [2.45, 2.75) is 13.5 Å². The van der Waals surface area contributed by atoms with Gasteiger partial charge in [-0.25, -0.2) is 4.57 Å². The number of allylic oxidation sites excluding steroid dienone is 6. The number of aromatic nitrogens is 1. The lowest BCUT2D eigenvalue weighted by Crippen LogP contribution is -3.00. The Morgan fingerprint density at radius 1 is 1.33 bits per heavy atom. The molecule has 1 amide bonds. The summed E-state index contributed by atoms with van der Waals surface area (Å²) in [6, 6.07) is 3.51. The molecule has 0 radical (unpaired) electrons. The lowest BCUT2D eigenvalue weighted by atomic mass is 10.3. The van der Waals surface area contributed by atoms with Gasteiger partial charge in [0.25, 0.3) is 5.91 Å². The fourth-order valence-electron chi connectivity index (χ4n) is 1.28. The molecule has 1 heterocycles. The molecule has 0 aliphatic carbocycles. The van der Waals surface area contributed by atoms with Gasteiger partial charge < -0.3 is 18.1 Å². The molecule has 1 aromatic heterocycles. The Hall–Kier alpha value is -1.87. The van der Waals surface area contributed by atoms with E-state index in [0.717, 1.165) is 0 Å². The number of hydrogen-bond donors (Lipinski definition) is 1. The van der Waals surface area contributed by atoms with Crippen molar-refractivity contribution in [3.8, 4) is 0 Å². The van der Waals surface area contributed by atoms with E-state index in [1.165, 1.54) is 0 Å². The van der Waals surface area contributed by atoms with E-state index in [1.54, 1.807) is 12.3 Å². The summed E-state index contributed by atoms with van der Waals surface area (Å²) >= 11 is 0. The maximum Gasteiger partial charge on any atom is 0.254 e. The molecule has 0 spiro atoms. The van der Waals surface area contributed by atoms with Crippen LogP contribution in [-0.4, -0.2) is 5.91 Å². The normalized spacial score (nSPS) is 11.2. The predicted octanol–water partition coefficient (Wildman–Crippen LogP) is -1.23. The number of halogens is 1. The van der Waals surface area contributed by atoms with Crippen LogP contribution < -0.4 is 22.7 Å². The molecule has 0 aliphatic heterocycles. The Balaban J connectivity index is 0.00000289. The number of hydrogen-bond acceptors (Lipinski definition) is 1. The SMILES string of the molecule is CC=CC=CC=CC[n+]1cccc(C(N)=O)c1.[Cl-]. The predicted molar refractivity (Wildman–Crippen MR) is 68.2 cm³/mol. The minimum absolute atomic E-state index is 0. The van der Waals surface area contributed by atoms with Crippen molar-refractivity contribution in [1.82, 2.24) is 0 Å². The minimum Gasteiger partial charge on any atom is -1.00 e. The van der Waals surface area contributed by atoms with Gasteiger partial charge in [-0.15, -0.1) is 0 Å². The zero-order chi connectivity index (χ0) is 12.5. The van der Waals surface area contributed by atoms with Gasteiger partial charge in [-0.2, -0.15) is 0 Å². The van der Waals surface area contributed by atoms with Crippen LogP contribution in [0.2, 0.25) is 0 Å². The van der Waals surface area contributed by atoms with Gasteiger partial charge in [0, 0.05) is 6.07 Å². The van der Waals surface area contributed by atoms with Crippen LogP contribution in [0.5, 0.6) is 0 Å². The van der Waals surface area contributed by atoms with E-state index in [9.17, 15) is 4.79 Å². The van der Waals surface area contributed by atoms with Crippen molar-refractivity contribution in [3.63, 3.8) is 0 Å². The highest BCUT2D eigenvalue weighted by Gasteiger charge is 2.04. The van der Waals surface area contributed by atoms with Gasteiger partial charge >= 0.3 is 0 Å². The van der Waals surface area contributed by atoms with E-state index in [0.29, 0.717) is 12.1 Å². The topological polar surface area (TPSA) is 47.0 Å². The Kier molecular flexibility index (Phi) is 8.24. The van der Waals surface area contributed by atoms with E-state index >= 15 is 0 Å². The second-order valence-corrected chi connectivity index (χ2v) is 3.49. The van der Waals surface area contributed by atoms with E-state index in [1.807, 2.05) is 60.2 Å². The van der Waals surface area contributed by atoms with E-state index < -0.39 is 5.91 Å². The molecule has 96 valence electrons. The largest absolute Gasteiger partial charge is 1.00 e. The summed E-state index contributed by atoms with van der Waals surface area (Å²) in [4.78, 5) is 11.0. The average Bonchev–Trinajstić information content (AvgIpc) is 2.34. The lowest BCUT2D eigenvalue weighted by Gasteiger charge is -1.94. The minimum atomic E-state index is -0.406. The van der Waals surface area contributed by atoms with Crippen molar-refractivity contribution in [3.05, 3.63) is 66.5 Å². The Morgan fingerprint density at radius 2 is 2.06 bits per heavy atom. The van der Waals surface area contributed by atoms with E-state index in [-0.39, 0.29) is 12.4 Å². The van der Waals surface area contributed by atoms with Crippen LogP contribution >= 0.6 is 0 Å². The quantitative estimate of drug-likeness (QED) is 0.525. The maximum atomic E-state index is 11.0. The first kappa shape index (κ1) is 16.1. The summed E-state index contributed by atoms with van der Waals surface area (Å²) in [7, 11) is 0. The fourth-order valence-corrected chi connectivity index (χ4v) is 1.28. The molecule has 1 rings (SSSR count). The van der Waals surface area contributed by atoms with E-state index in [2.05, 4.69) is 0 Å². The molecular weight excluding hydrogens is 248 g/mol. The van der Waals surface area contributed by atoms with Crippen molar-refractivity contribution in [2.24, 2.45) is 5.73 Å². The number of carbonyl (C=O) groups excluding carboxylic acids is 1. The van der Waals surface area contributed by atoms with Crippen LogP contribution in [0.25, 0.3) is 0 Å². The molecule has 4 heteroatoms. The van der Waals surface area contributed by atoms with Crippen LogP contribution in [0.15, 0.2) is 61.0 Å². The molecule has 0 atom stereocenters. The van der Waals surface area contributed by atoms with Gasteiger partial charge in [-0.1, -0.05) is 30.4 Å². The second kappa shape index (κ2) is 9.19. The molecule has 0 unspecified atom stereocenters. The standard InChI is InChI=1S/C14H16N2O.ClH/c1-2-3-4-5-6-7-10-16-11-8-9-13(12-16)14(15)17;/h2-9,11-12H,10H2,1H3,(H-,15,17);1H. The molecule has 18 heavy (non-hydrogen) atoms. The Labute approximate surface area is 114 Å². The summed E-state index contributed by atoms with van der Waals surface area (Å²) in [6.07, 6.45) is 15.4. The van der Waals surface area contributed by atoms with Gasteiger partial charge in [0.1, 0.15) is 5.56 Å². The van der Waals surface area contributed by atoms with Crippen LogP contribution in [0.1, 0.15) is 17.3 Å². The van der Waals surface area contributed by atoms with Crippen LogP contribution in [0.3, 0.4) is 0 Å². The second-order valence-electron chi connectivity index (χ2n) is 3.49. The zero-order valence-electron chi connectivity index (χ0n) is 10.3. The van der Waals surface area contributed by atoms with Gasteiger partial charge in [0.2, 0.25) is 0 Å². The summed E-state index contributed by atoms with van der Waals surface area (Å²) in [5.41, 5.74) is 5.72. The van der Waals surface area contributed by atoms with Crippen molar-refractivity contribution in [1.29, 1.82) is 0 Å². The Morgan fingerprint density at radius 3 is 2.72 bits per heavy atom. The number of carbonyl (C=O) groups is 1. The summed E-state index contributed by atoms with van der Waals surface area (Å²) in [6.45, 7) is 2.68. The molecular formula is C14H17ClN2O. The first-order chi connectivity index (χ1) is 8.24. The molecule has 0 bridgehead atoms. The lowest BCUT2D eigenvalue weighted by molar-refractivity contribution is -0.687. The average molecular weight is 265 g/mol. The monoisotopic (exact) mass is 264 g/mol. The smallest absolute Gasteiger partial charge is 0.254 e. The summed E-state index contributed by atoms with van der Waals surface area (Å²) in [5, 5.41) is 0. The number of nitrogens with zero attached hydrogens (tertiary/aromatic N) is 1. The van der Waals surface area contributed by atoms with Crippen LogP contribution in [0.4, 0.5) is 0 Å². The fraction of sp³-hybridized carbons (Fsp3) is 0.143. The molecule has 0 saturated heterocycles. The van der Waals surface area contributed by atoms with Crippen LogP contribution in [0, 0.1) is 0 Å². The Bertz CT molecular complexity index is 465. The van der Waals surface area contributed by atoms with Gasteiger partial charge in [-0.05, 0) is 19.1 Å². The molecule has 0 aliphatic rings. The van der Waals surface area contributed by atoms with Crippen LogP contribution in [-0.2, 0) is 6.54 Å². The first-order valence-electron chi connectivity index (χ1n) is 5.47. The van der Waals surface area contributed by atoms with Crippen molar-refractivity contribution >= 4 is 5.91 Å². The third-order valence-electron chi connectivity index (χ3n) is 2.12. The molecule has 2 N–H and O–H groups in total. The molecule has 0 aromatic carbocycles. The summed E-state index contributed by atoms with van der Waals surface area (Å²) < 4.78 is 1.90. The molecule has 1 aromatic rings. The highest BCUT2D eigenvalue weighted by molar-refractivity contribution is 5.92. The molecule has 0 fully saturated rings. The van der Waals surface area contributed by atoms with Gasteiger partial charge in [0.15, 0.2) is 18.9 Å². The van der Waals surface area contributed by atoms with E-state index in [4.69, 9.17) is 5.73 Å². The number of primary amides is 1.